The van der Waals surface area contributed by atoms with Crippen LogP contribution in [-0.2, 0) is 0 Å². The summed E-state index contributed by atoms with van der Waals surface area (Å²) in [7, 11) is 0. The summed E-state index contributed by atoms with van der Waals surface area (Å²) in [5.41, 5.74) is 3.06. The maximum absolute atomic E-state index is 4.31. The SMILES string of the molecule is c1ncc2ncc3cnc4cncnc4c3c2n1. The topological polar surface area (TPSA) is 77.3 Å². The maximum atomic E-state index is 4.31. The molecule has 4 rings (SSSR count). The Kier molecular flexibility index (Phi) is 1.74. The molecule has 0 aliphatic rings. The highest BCUT2D eigenvalue weighted by molar-refractivity contribution is 6.14. The maximum Gasteiger partial charge on any atom is 0.116 e. The third-order valence-corrected chi connectivity index (χ3v) is 2.83. The molecule has 0 amide bonds. The second-order valence-electron chi connectivity index (χ2n) is 3.86. The van der Waals surface area contributed by atoms with Gasteiger partial charge in [-0.1, -0.05) is 0 Å². The van der Waals surface area contributed by atoms with Gasteiger partial charge >= 0.3 is 0 Å². The van der Waals surface area contributed by atoms with Gasteiger partial charge in [-0.2, -0.15) is 0 Å². The first-order chi connectivity index (χ1) is 8.93. The summed E-state index contributed by atoms with van der Waals surface area (Å²) in [4.78, 5) is 25.2. The molecule has 4 aromatic heterocycles. The zero-order valence-electron chi connectivity index (χ0n) is 9.15. The van der Waals surface area contributed by atoms with E-state index in [9.17, 15) is 0 Å². The number of fused-ring (bicyclic) bond motifs is 5. The molecule has 0 saturated carbocycles. The predicted octanol–water partition coefficient (Wildman–Crippen LogP) is 1.52. The summed E-state index contributed by atoms with van der Waals surface area (Å²) in [6.45, 7) is 0. The third kappa shape index (κ3) is 1.17. The van der Waals surface area contributed by atoms with Crippen molar-refractivity contribution in [3.05, 3.63) is 37.4 Å². The van der Waals surface area contributed by atoms with E-state index in [4.69, 9.17) is 0 Å². The quantitative estimate of drug-likeness (QED) is 0.429. The fraction of sp³-hybridized carbons (Fsp3) is 0. The van der Waals surface area contributed by atoms with Gasteiger partial charge in [-0.15, -0.1) is 0 Å². The van der Waals surface area contributed by atoms with Gasteiger partial charge in [0.1, 0.15) is 34.7 Å². The van der Waals surface area contributed by atoms with Gasteiger partial charge in [-0.3, -0.25) is 9.97 Å². The van der Waals surface area contributed by atoms with Crippen LogP contribution in [0.25, 0.3) is 32.8 Å². The lowest BCUT2D eigenvalue weighted by molar-refractivity contribution is 1.19. The van der Waals surface area contributed by atoms with E-state index in [0.717, 1.165) is 32.8 Å². The summed E-state index contributed by atoms with van der Waals surface area (Å²) >= 11 is 0. The molecular formula is C12H6N6. The molecule has 6 heteroatoms. The van der Waals surface area contributed by atoms with E-state index in [1.54, 1.807) is 24.8 Å². The molecule has 18 heavy (non-hydrogen) atoms. The van der Waals surface area contributed by atoms with Crippen LogP contribution < -0.4 is 0 Å². The molecule has 4 aromatic rings. The highest BCUT2D eigenvalue weighted by atomic mass is 14.9. The Morgan fingerprint density at radius 3 is 1.72 bits per heavy atom. The van der Waals surface area contributed by atoms with Crippen LogP contribution in [0.2, 0.25) is 0 Å². The first-order valence-corrected chi connectivity index (χ1v) is 5.36. The zero-order valence-corrected chi connectivity index (χ0v) is 9.15. The minimum Gasteiger partial charge on any atom is -0.252 e. The number of hydrogen-bond donors (Lipinski definition) is 0. The second-order valence-corrected chi connectivity index (χ2v) is 3.86. The fourth-order valence-electron chi connectivity index (χ4n) is 2.04. The first kappa shape index (κ1) is 9.29. The van der Waals surface area contributed by atoms with E-state index in [-0.39, 0.29) is 0 Å². The van der Waals surface area contributed by atoms with Crippen LogP contribution in [0.15, 0.2) is 37.4 Å². The van der Waals surface area contributed by atoms with Gasteiger partial charge in [0.25, 0.3) is 0 Å². The largest absolute Gasteiger partial charge is 0.252 e. The summed E-state index contributed by atoms with van der Waals surface area (Å²) in [6.07, 6.45) is 9.92. The van der Waals surface area contributed by atoms with Crippen molar-refractivity contribution < 1.29 is 0 Å². The van der Waals surface area contributed by atoms with Crippen molar-refractivity contribution in [3.63, 3.8) is 0 Å². The van der Waals surface area contributed by atoms with Gasteiger partial charge in [-0.25, -0.2) is 19.9 Å². The van der Waals surface area contributed by atoms with Crippen molar-refractivity contribution in [2.24, 2.45) is 0 Å². The number of rotatable bonds is 0. The fourth-order valence-corrected chi connectivity index (χ4v) is 2.04. The lowest BCUT2D eigenvalue weighted by atomic mass is 10.1. The monoisotopic (exact) mass is 234 g/mol. The molecule has 84 valence electrons. The highest BCUT2D eigenvalue weighted by Gasteiger charge is 2.08. The standard InChI is InChI=1S/C12H6N6/c1-7-2-16-9-4-14-6-18-12(9)10(7)11-8(15-1)3-13-5-17-11/h1-6H. The van der Waals surface area contributed by atoms with Crippen molar-refractivity contribution in [2.45, 2.75) is 0 Å². The molecule has 0 saturated heterocycles. The van der Waals surface area contributed by atoms with E-state index in [2.05, 4.69) is 29.9 Å². The molecule has 0 spiro atoms. The Morgan fingerprint density at radius 2 is 1.17 bits per heavy atom. The van der Waals surface area contributed by atoms with Crippen molar-refractivity contribution in [3.8, 4) is 0 Å². The molecule has 0 radical (unpaired) electrons. The molecule has 0 atom stereocenters. The van der Waals surface area contributed by atoms with Crippen molar-refractivity contribution in [1.82, 2.24) is 29.9 Å². The average Bonchev–Trinajstić information content (AvgIpc) is 2.46. The van der Waals surface area contributed by atoms with Gasteiger partial charge in [0, 0.05) is 23.2 Å². The van der Waals surface area contributed by atoms with Gasteiger partial charge in [0.2, 0.25) is 0 Å². The van der Waals surface area contributed by atoms with Crippen LogP contribution in [0.3, 0.4) is 0 Å². The number of hydrogen-bond acceptors (Lipinski definition) is 6. The summed E-state index contributed by atoms with van der Waals surface area (Å²) < 4.78 is 0. The Labute approximate surface area is 101 Å². The second kappa shape index (κ2) is 3.36. The van der Waals surface area contributed by atoms with E-state index < -0.39 is 0 Å². The molecule has 0 bridgehead atoms. The molecule has 0 aliphatic heterocycles. The Balaban J connectivity index is 2.38. The van der Waals surface area contributed by atoms with E-state index in [0.29, 0.717) is 0 Å². The summed E-state index contributed by atoms with van der Waals surface area (Å²) in [5.74, 6) is 0. The van der Waals surface area contributed by atoms with Gasteiger partial charge < -0.3 is 0 Å². The van der Waals surface area contributed by atoms with Gasteiger partial charge in [-0.05, 0) is 0 Å². The number of pyridine rings is 2. The molecule has 0 N–H and O–H groups in total. The van der Waals surface area contributed by atoms with Crippen molar-refractivity contribution in [2.75, 3.05) is 0 Å². The number of nitrogens with zero attached hydrogens (tertiary/aromatic N) is 6. The van der Waals surface area contributed by atoms with Crippen LogP contribution in [0, 0.1) is 0 Å². The minimum atomic E-state index is 0.746. The minimum absolute atomic E-state index is 0.746. The molecule has 0 aliphatic carbocycles. The van der Waals surface area contributed by atoms with E-state index in [1.807, 2.05) is 0 Å². The van der Waals surface area contributed by atoms with Crippen molar-refractivity contribution >= 4 is 32.8 Å². The van der Waals surface area contributed by atoms with Crippen LogP contribution in [0.4, 0.5) is 0 Å². The molecule has 0 aromatic carbocycles. The van der Waals surface area contributed by atoms with E-state index >= 15 is 0 Å². The van der Waals surface area contributed by atoms with Gasteiger partial charge in [0.05, 0.1) is 12.4 Å². The zero-order chi connectivity index (χ0) is 11.9. The van der Waals surface area contributed by atoms with Crippen LogP contribution in [0.5, 0.6) is 0 Å². The Morgan fingerprint density at radius 1 is 0.611 bits per heavy atom. The van der Waals surface area contributed by atoms with Crippen LogP contribution in [0.1, 0.15) is 0 Å². The summed E-state index contributed by atoms with van der Waals surface area (Å²) in [5, 5.41) is 1.85. The van der Waals surface area contributed by atoms with Crippen molar-refractivity contribution in [1.29, 1.82) is 0 Å². The summed E-state index contributed by atoms with van der Waals surface area (Å²) in [6, 6.07) is 0. The lowest BCUT2D eigenvalue weighted by Gasteiger charge is -2.03. The lowest BCUT2D eigenvalue weighted by Crippen LogP contribution is -1.91. The molecule has 4 heterocycles. The van der Waals surface area contributed by atoms with Crippen LogP contribution in [-0.4, -0.2) is 29.9 Å². The molecule has 6 nitrogen and oxygen atoms in total. The van der Waals surface area contributed by atoms with E-state index in [1.165, 1.54) is 12.7 Å². The molecule has 0 unspecified atom stereocenters. The van der Waals surface area contributed by atoms with Gasteiger partial charge in [0.15, 0.2) is 0 Å². The average molecular weight is 234 g/mol. The first-order valence-electron chi connectivity index (χ1n) is 5.36. The molecule has 0 fully saturated rings. The predicted molar refractivity (Wildman–Crippen MR) is 65.7 cm³/mol. The van der Waals surface area contributed by atoms with Crippen LogP contribution >= 0.6 is 0 Å². The smallest absolute Gasteiger partial charge is 0.116 e. The normalized spacial score (nSPS) is 11.3. The molecular weight excluding hydrogens is 228 g/mol. The Hall–Kier alpha value is -2.76. The number of aromatic nitrogens is 6. The highest BCUT2D eigenvalue weighted by Crippen LogP contribution is 2.25. The third-order valence-electron chi connectivity index (χ3n) is 2.83. The Bertz CT molecular complexity index is 818.